The summed E-state index contributed by atoms with van der Waals surface area (Å²) in [5.41, 5.74) is 4.57. The molecule has 4 heterocycles. The molecule has 0 saturated carbocycles. The Balaban J connectivity index is 1.36. The van der Waals surface area contributed by atoms with Gasteiger partial charge in [0, 0.05) is 24.6 Å². The molecule has 152 valence electrons. The van der Waals surface area contributed by atoms with Gasteiger partial charge in [-0.25, -0.2) is 15.0 Å². The molecule has 0 atom stereocenters. The summed E-state index contributed by atoms with van der Waals surface area (Å²) in [4.78, 5) is 16.0. The number of rotatable bonds is 6. The third-order valence-corrected chi connectivity index (χ3v) is 5.75. The molecular formula is C23H23ClN6. The van der Waals surface area contributed by atoms with Crippen molar-refractivity contribution in [1.29, 1.82) is 0 Å². The molecule has 0 unspecified atom stereocenters. The molecular weight excluding hydrogens is 396 g/mol. The standard InChI is InChI=1S/C23H23ClN6/c24-22-21(30-14-2-1-8-20(30)28-22)19-9-11-25-23(27-19)26-18-7-5-6-17(16-18)10-15-29-12-3-4-13-29/h1-2,5-9,11,14,16H,3-4,10,12-13,15H2,(H,25,26,27). The van der Waals surface area contributed by atoms with Crippen LogP contribution < -0.4 is 5.32 Å². The van der Waals surface area contributed by atoms with E-state index in [1.165, 1.54) is 31.5 Å². The first-order valence-electron chi connectivity index (χ1n) is 10.3. The molecule has 0 bridgehead atoms. The SMILES string of the molecule is Clc1nc2ccccn2c1-c1ccnc(Nc2cccc(CCN3CCCC3)c2)n1. The molecule has 4 aromatic rings. The third-order valence-electron chi connectivity index (χ3n) is 5.48. The number of likely N-dealkylation sites (tertiary alicyclic amines) is 1. The van der Waals surface area contributed by atoms with Crippen LogP contribution in [0.3, 0.4) is 0 Å². The molecule has 1 fully saturated rings. The van der Waals surface area contributed by atoms with E-state index in [-0.39, 0.29) is 0 Å². The second-order valence-corrected chi connectivity index (χ2v) is 7.93. The molecule has 6 nitrogen and oxygen atoms in total. The minimum atomic E-state index is 0.426. The van der Waals surface area contributed by atoms with Gasteiger partial charge in [0.05, 0.1) is 5.69 Å². The fourth-order valence-electron chi connectivity index (χ4n) is 3.97. The summed E-state index contributed by atoms with van der Waals surface area (Å²) in [6.07, 6.45) is 7.37. The number of imidazole rings is 1. The first-order valence-corrected chi connectivity index (χ1v) is 10.7. The summed E-state index contributed by atoms with van der Waals surface area (Å²) >= 11 is 6.41. The molecule has 0 spiro atoms. The second-order valence-electron chi connectivity index (χ2n) is 7.57. The number of hydrogen-bond donors (Lipinski definition) is 1. The molecule has 5 rings (SSSR count). The molecule has 0 aliphatic carbocycles. The summed E-state index contributed by atoms with van der Waals surface area (Å²) in [6.45, 7) is 3.57. The van der Waals surface area contributed by atoms with Crippen LogP contribution in [0.15, 0.2) is 60.9 Å². The number of fused-ring (bicyclic) bond motifs is 1. The van der Waals surface area contributed by atoms with E-state index in [1.54, 1.807) is 6.20 Å². The molecule has 30 heavy (non-hydrogen) atoms. The fraction of sp³-hybridized carbons (Fsp3) is 0.261. The Kier molecular flexibility index (Phi) is 5.34. The van der Waals surface area contributed by atoms with Gasteiger partial charge in [0.2, 0.25) is 5.95 Å². The van der Waals surface area contributed by atoms with Gasteiger partial charge in [-0.05, 0) is 68.2 Å². The highest BCUT2D eigenvalue weighted by Gasteiger charge is 2.14. The number of nitrogens with one attached hydrogen (secondary N) is 1. The summed E-state index contributed by atoms with van der Waals surface area (Å²) in [5, 5.41) is 3.76. The fourth-order valence-corrected chi connectivity index (χ4v) is 4.25. The lowest BCUT2D eigenvalue weighted by Crippen LogP contribution is -2.21. The monoisotopic (exact) mass is 418 g/mol. The zero-order chi connectivity index (χ0) is 20.3. The summed E-state index contributed by atoms with van der Waals surface area (Å²) in [5.74, 6) is 0.533. The zero-order valence-corrected chi connectivity index (χ0v) is 17.4. The van der Waals surface area contributed by atoms with E-state index in [9.17, 15) is 0 Å². The Bertz CT molecular complexity index is 1170. The number of anilines is 2. The maximum absolute atomic E-state index is 6.41. The number of aromatic nitrogens is 4. The Morgan fingerprint density at radius 3 is 2.80 bits per heavy atom. The third kappa shape index (κ3) is 4.01. The highest BCUT2D eigenvalue weighted by Crippen LogP contribution is 2.28. The summed E-state index contributed by atoms with van der Waals surface area (Å²) in [6, 6.07) is 16.1. The number of nitrogens with zero attached hydrogens (tertiary/aromatic N) is 5. The smallest absolute Gasteiger partial charge is 0.227 e. The van der Waals surface area contributed by atoms with E-state index >= 15 is 0 Å². The van der Waals surface area contributed by atoms with Crippen LogP contribution in [-0.2, 0) is 6.42 Å². The maximum Gasteiger partial charge on any atom is 0.227 e. The van der Waals surface area contributed by atoms with Crippen molar-refractivity contribution in [2.75, 3.05) is 25.0 Å². The minimum absolute atomic E-state index is 0.426. The van der Waals surface area contributed by atoms with Crippen molar-refractivity contribution in [3.05, 3.63) is 71.6 Å². The Morgan fingerprint density at radius 2 is 1.90 bits per heavy atom. The van der Waals surface area contributed by atoms with E-state index in [4.69, 9.17) is 11.6 Å². The Hall–Kier alpha value is -2.96. The van der Waals surface area contributed by atoms with Crippen LogP contribution in [0.25, 0.3) is 17.0 Å². The first-order chi connectivity index (χ1) is 14.8. The van der Waals surface area contributed by atoms with Gasteiger partial charge in [-0.15, -0.1) is 0 Å². The quantitative estimate of drug-likeness (QED) is 0.486. The number of hydrogen-bond acceptors (Lipinski definition) is 5. The van der Waals surface area contributed by atoms with Crippen molar-refractivity contribution in [1.82, 2.24) is 24.3 Å². The van der Waals surface area contributed by atoms with Crippen molar-refractivity contribution in [2.45, 2.75) is 19.3 Å². The van der Waals surface area contributed by atoms with Crippen LogP contribution in [0.2, 0.25) is 5.15 Å². The molecule has 1 N–H and O–H groups in total. The molecule has 3 aromatic heterocycles. The average molecular weight is 419 g/mol. The van der Waals surface area contributed by atoms with Gasteiger partial charge in [-0.3, -0.25) is 4.40 Å². The van der Waals surface area contributed by atoms with Crippen LogP contribution >= 0.6 is 11.6 Å². The largest absolute Gasteiger partial charge is 0.324 e. The maximum atomic E-state index is 6.41. The average Bonchev–Trinajstić information content (AvgIpc) is 3.39. The summed E-state index contributed by atoms with van der Waals surface area (Å²) in [7, 11) is 0. The van der Waals surface area contributed by atoms with Crippen LogP contribution in [0, 0.1) is 0 Å². The molecule has 7 heteroatoms. The lowest BCUT2D eigenvalue weighted by molar-refractivity contribution is 0.343. The molecule has 1 saturated heterocycles. The molecule has 1 aromatic carbocycles. The van der Waals surface area contributed by atoms with Crippen molar-refractivity contribution in [3.8, 4) is 11.4 Å². The predicted octanol–water partition coefficient (Wildman–Crippen LogP) is 4.83. The summed E-state index contributed by atoms with van der Waals surface area (Å²) < 4.78 is 1.94. The van der Waals surface area contributed by atoms with E-state index in [0.717, 1.165) is 35.7 Å². The van der Waals surface area contributed by atoms with Gasteiger partial charge in [-0.1, -0.05) is 29.8 Å². The van der Waals surface area contributed by atoms with E-state index < -0.39 is 0 Å². The molecule has 0 radical (unpaired) electrons. The van der Waals surface area contributed by atoms with E-state index in [0.29, 0.717) is 11.1 Å². The van der Waals surface area contributed by atoms with Gasteiger partial charge in [-0.2, -0.15) is 0 Å². The van der Waals surface area contributed by atoms with Crippen molar-refractivity contribution in [3.63, 3.8) is 0 Å². The molecule has 0 amide bonds. The van der Waals surface area contributed by atoms with Crippen LogP contribution in [-0.4, -0.2) is 43.9 Å². The zero-order valence-electron chi connectivity index (χ0n) is 16.6. The minimum Gasteiger partial charge on any atom is -0.324 e. The van der Waals surface area contributed by atoms with Gasteiger partial charge in [0.25, 0.3) is 0 Å². The number of pyridine rings is 1. The predicted molar refractivity (Wildman–Crippen MR) is 120 cm³/mol. The van der Waals surface area contributed by atoms with E-state index in [2.05, 4.69) is 43.4 Å². The van der Waals surface area contributed by atoms with Crippen LogP contribution in [0.1, 0.15) is 18.4 Å². The lowest BCUT2D eigenvalue weighted by Gasteiger charge is -2.14. The molecule has 1 aliphatic heterocycles. The highest BCUT2D eigenvalue weighted by molar-refractivity contribution is 6.32. The Labute approximate surface area is 180 Å². The highest BCUT2D eigenvalue weighted by atomic mass is 35.5. The lowest BCUT2D eigenvalue weighted by atomic mass is 10.1. The van der Waals surface area contributed by atoms with Crippen molar-refractivity contribution in [2.24, 2.45) is 0 Å². The van der Waals surface area contributed by atoms with Gasteiger partial charge in [0.1, 0.15) is 11.3 Å². The van der Waals surface area contributed by atoms with Crippen LogP contribution in [0.4, 0.5) is 11.6 Å². The normalized spacial score (nSPS) is 14.4. The number of benzene rings is 1. The Morgan fingerprint density at radius 1 is 1.00 bits per heavy atom. The van der Waals surface area contributed by atoms with Gasteiger partial charge >= 0.3 is 0 Å². The topological polar surface area (TPSA) is 58.4 Å². The van der Waals surface area contributed by atoms with Crippen molar-refractivity contribution < 1.29 is 0 Å². The van der Waals surface area contributed by atoms with Gasteiger partial charge in [0.15, 0.2) is 5.15 Å². The van der Waals surface area contributed by atoms with Crippen molar-refractivity contribution >= 4 is 28.9 Å². The van der Waals surface area contributed by atoms with Crippen LogP contribution in [0.5, 0.6) is 0 Å². The second kappa shape index (κ2) is 8.42. The number of halogens is 1. The molecule has 1 aliphatic rings. The van der Waals surface area contributed by atoms with Gasteiger partial charge < -0.3 is 10.2 Å². The first kappa shape index (κ1) is 19.0. The van der Waals surface area contributed by atoms with E-state index in [1.807, 2.05) is 40.9 Å².